The van der Waals surface area contributed by atoms with Crippen molar-refractivity contribution in [2.45, 2.75) is 19.9 Å². The average molecular weight is 336 g/mol. The average Bonchev–Trinajstić information content (AvgIpc) is 2.81. The van der Waals surface area contributed by atoms with Gasteiger partial charge in [-0.05, 0) is 12.5 Å². The topological polar surface area (TPSA) is 75.4 Å². The first kappa shape index (κ1) is 15.9. The van der Waals surface area contributed by atoms with Gasteiger partial charge in [0.15, 0.2) is 0 Å². The highest BCUT2D eigenvalue weighted by molar-refractivity contribution is 6.33. The van der Waals surface area contributed by atoms with Gasteiger partial charge in [-0.3, -0.25) is 14.7 Å². The number of aryl methyl sites for hydroxylation is 1. The minimum atomic E-state index is -0.0483. The highest BCUT2D eigenvalue weighted by Crippen LogP contribution is 2.17. The van der Waals surface area contributed by atoms with Crippen LogP contribution in [0.4, 0.5) is 0 Å². The summed E-state index contributed by atoms with van der Waals surface area (Å²) in [6, 6.07) is 1.66. The Hall–Kier alpha value is -1.99. The Bertz CT molecular complexity index is 690. The zero-order valence-electron chi connectivity index (χ0n) is 12.9. The highest BCUT2D eigenvalue weighted by Gasteiger charge is 2.22. The van der Waals surface area contributed by atoms with E-state index in [2.05, 4.69) is 20.1 Å². The minimum Gasteiger partial charge on any atom is -0.424 e. The van der Waals surface area contributed by atoms with E-state index in [1.54, 1.807) is 19.2 Å². The maximum Gasteiger partial charge on any atom is 0.255 e. The zero-order chi connectivity index (χ0) is 16.2. The fraction of sp³-hybridized carbons (Fsp3) is 0.467. The van der Waals surface area contributed by atoms with Crippen molar-refractivity contribution in [2.75, 3.05) is 26.2 Å². The number of rotatable bonds is 3. The second kappa shape index (κ2) is 7.06. The molecule has 3 rings (SSSR count). The normalized spacial score (nSPS) is 16.3. The molecule has 0 N–H and O–H groups in total. The Balaban J connectivity index is 1.62. The molecule has 1 saturated heterocycles. The molecule has 1 fully saturated rings. The molecular weight excluding hydrogens is 318 g/mol. The Morgan fingerprint density at radius 2 is 2.17 bits per heavy atom. The summed E-state index contributed by atoms with van der Waals surface area (Å²) in [6.07, 6.45) is 3.97. The van der Waals surface area contributed by atoms with E-state index in [-0.39, 0.29) is 5.91 Å². The molecule has 0 saturated carbocycles. The predicted octanol–water partition coefficient (Wildman–Crippen LogP) is 1.77. The van der Waals surface area contributed by atoms with Gasteiger partial charge in [0.05, 0.1) is 17.1 Å². The number of amides is 1. The quantitative estimate of drug-likeness (QED) is 0.851. The van der Waals surface area contributed by atoms with Crippen molar-refractivity contribution in [3.8, 4) is 0 Å². The Kier molecular flexibility index (Phi) is 4.88. The summed E-state index contributed by atoms with van der Waals surface area (Å²) in [6.45, 7) is 5.38. The molecule has 0 atom stereocenters. The molecule has 7 nitrogen and oxygen atoms in total. The molecule has 23 heavy (non-hydrogen) atoms. The fourth-order valence-electron chi connectivity index (χ4n) is 2.64. The lowest BCUT2D eigenvalue weighted by molar-refractivity contribution is 0.0760. The third kappa shape index (κ3) is 3.86. The molecule has 122 valence electrons. The van der Waals surface area contributed by atoms with E-state index in [1.807, 2.05) is 4.90 Å². The van der Waals surface area contributed by atoms with Gasteiger partial charge in [0.25, 0.3) is 5.91 Å². The second-order valence-electron chi connectivity index (χ2n) is 5.49. The Morgan fingerprint density at radius 3 is 2.91 bits per heavy atom. The van der Waals surface area contributed by atoms with Gasteiger partial charge in [0.2, 0.25) is 11.8 Å². The molecule has 3 heterocycles. The molecule has 0 spiro atoms. The number of pyridine rings is 1. The lowest BCUT2D eigenvalue weighted by Crippen LogP contribution is -2.35. The van der Waals surface area contributed by atoms with Gasteiger partial charge in [-0.2, -0.15) is 0 Å². The van der Waals surface area contributed by atoms with Crippen LogP contribution in [0.5, 0.6) is 0 Å². The molecule has 1 aliphatic rings. The Labute approximate surface area is 139 Å². The standard InChI is InChI=1S/C15H18ClN5O2/c1-11-18-19-14(23-11)10-20-5-2-6-21(8-7-20)15(22)12-3-4-17-9-13(12)16/h3-4,9H,2,5-8,10H2,1H3. The molecule has 1 aliphatic heterocycles. The number of carbonyl (C=O) groups is 1. The molecule has 8 heteroatoms. The summed E-state index contributed by atoms with van der Waals surface area (Å²) in [5.41, 5.74) is 0.502. The largest absolute Gasteiger partial charge is 0.424 e. The number of aromatic nitrogens is 3. The van der Waals surface area contributed by atoms with E-state index in [0.29, 0.717) is 42.0 Å². The highest BCUT2D eigenvalue weighted by atomic mass is 35.5. The van der Waals surface area contributed by atoms with E-state index >= 15 is 0 Å². The van der Waals surface area contributed by atoms with E-state index in [9.17, 15) is 4.79 Å². The van der Waals surface area contributed by atoms with Gasteiger partial charge in [0.1, 0.15) is 0 Å². The summed E-state index contributed by atoms with van der Waals surface area (Å²) in [4.78, 5) is 20.6. The van der Waals surface area contributed by atoms with Crippen LogP contribution in [0.2, 0.25) is 5.02 Å². The number of carbonyl (C=O) groups excluding carboxylic acids is 1. The van der Waals surface area contributed by atoms with Crippen LogP contribution < -0.4 is 0 Å². The molecular formula is C15H18ClN5O2. The van der Waals surface area contributed by atoms with Crippen molar-refractivity contribution in [2.24, 2.45) is 0 Å². The maximum absolute atomic E-state index is 12.6. The lowest BCUT2D eigenvalue weighted by atomic mass is 10.2. The van der Waals surface area contributed by atoms with Crippen LogP contribution in [0.3, 0.4) is 0 Å². The first-order chi connectivity index (χ1) is 11.1. The van der Waals surface area contributed by atoms with Gasteiger partial charge in [-0.25, -0.2) is 0 Å². The number of halogens is 1. The van der Waals surface area contributed by atoms with Gasteiger partial charge >= 0.3 is 0 Å². The van der Waals surface area contributed by atoms with Crippen LogP contribution in [0.15, 0.2) is 22.9 Å². The molecule has 2 aromatic heterocycles. The molecule has 1 amide bonds. The summed E-state index contributed by atoms with van der Waals surface area (Å²) in [7, 11) is 0. The molecule has 0 bridgehead atoms. The molecule has 0 unspecified atom stereocenters. The summed E-state index contributed by atoms with van der Waals surface area (Å²) < 4.78 is 5.42. The summed E-state index contributed by atoms with van der Waals surface area (Å²) >= 11 is 6.07. The predicted molar refractivity (Wildman–Crippen MR) is 84.1 cm³/mol. The third-order valence-electron chi connectivity index (χ3n) is 3.81. The van der Waals surface area contributed by atoms with E-state index in [4.69, 9.17) is 16.0 Å². The van der Waals surface area contributed by atoms with E-state index in [1.165, 1.54) is 6.20 Å². The number of nitrogens with zero attached hydrogens (tertiary/aromatic N) is 5. The first-order valence-corrected chi connectivity index (χ1v) is 7.91. The van der Waals surface area contributed by atoms with Crippen molar-refractivity contribution in [3.63, 3.8) is 0 Å². The lowest BCUT2D eigenvalue weighted by Gasteiger charge is -2.21. The third-order valence-corrected chi connectivity index (χ3v) is 4.11. The molecule has 0 aromatic carbocycles. The van der Waals surface area contributed by atoms with Crippen LogP contribution in [0, 0.1) is 6.92 Å². The summed E-state index contributed by atoms with van der Waals surface area (Å²) in [5, 5.41) is 8.25. The van der Waals surface area contributed by atoms with Crippen molar-refractivity contribution in [1.82, 2.24) is 25.0 Å². The van der Waals surface area contributed by atoms with Crippen molar-refractivity contribution < 1.29 is 9.21 Å². The zero-order valence-corrected chi connectivity index (χ0v) is 13.7. The van der Waals surface area contributed by atoms with Gasteiger partial charge in [-0.1, -0.05) is 11.6 Å². The van der Waals surface area contributed by atoms with Crippen LogP contribution in [0.25, 0.3) is 0 Å². The molecule has 0 radical (unpaired) electrons. The van der Waals surface area contributed by atoms with Crippen molar-refractivity contribution in [3.05, 3.63) is 40.8 Å². The van der Waals surface area contributed by atoms with E-state index < -0.39 is 0 Å². The first-order valence-electron chi connectivity index (χ1n) is 7.53. The SMILES string of the molecule is Cc1nnc(CN2CCCN(C(=O)c3ccncc3Cl)CC2)o1. The van der Waals surface area contributed by atoms with Crippen molar-refractivity contribution >= 4 is 17.5 Å². The Morgan fingerprint density at radius 1 is 1.30 bits per heavy atom. The van der Waals surface area contributed by atoms with Crippen LogP contribution in [0.1, 0.15) is 28.6 Å². The maximum atomic E-state index is 12.6. The summed E-state index contributed by atoms with van der Waals surface area (Å²) in [5.74, 6) is 1.13. The minimum absolute atomic E-state index is 0.0483. The van der Waals surface area contributed by atoms with E-state index in [0.717, 1.165) is 19.5 Å². The van der Waals surface area contributed by atoms with Gasteiger partial charge in [-0.15, -0.1) is 10.2 Å². The van der Waals surface area contributed by atoms with Gasteiger partial charge < -0.3 is 9.32 Å². The second-order valence-corrected chi connectivity index (χ2v) is 5.90. The molecule has 2 aromatic rings. The molecule has 0 aliphatic carbocycles. The van der Waals surface area contributed by atoms with Crippen LogP contribution in [-0.2, 0) is 6.54 Å². The van der Waals surface area contributed by atoms with Gasteiger partial charge in [0, 0.05) is 45.5 Å². The number of hydrogen-bond acceptors (Lipinski definition) is 6. The smallest absolute Gasteiger partial charge is 0.255 e. The van der Waals surface area contributed by atoms with Crippen molar-refractivity contribution in [1.29, 1.82) is 0 Å². The van der Waals surface area contributed by atoms with Crippen LogP contribution >= 0.6 is 11.6 Å². The van der Waals surface area contributed by atoms with Crippen LogP contribution in [-0.4, -0.2) is 57.1 Å². The monoisotopic (exact) mass is 335 g/mol. The number of hydrogen-bond donors (Lipinski definition) is 0. The fourth-order valence-corrected chi connectivity index (χ4v) is 2.84.